The van der Waals surface area contributed by atoms with Crippen molar-refractivity contribution < 1.29 is 26.9 Å². The van der Waals surface area contributed by atoms with Gasteiger partial charge in [-0.1, -0.05) is 5.16 Å². The molecule has 184 valence electrons. The van der Waals surface area contributed by atoms with E-state index in [9.17, 15) is 22.4 Å². The van der Waals surface area contributed by atoms with Crippen LogP contribution in [-0.2, 0) is 12.7 Å². The zero-order valence-corrected chi connectivity index (χ0v) is 18.1. The normalized spacial score (nSPS) is 11.8. The van der Waals surface area contributed by atoms with E-state index in [2.05, 4.69) is 20.6 Å². The maximum atomic E-state index is 14.8. The summed E-state index contributed by atoms with van der Waals surface area (Å²) < 4.78 is 62.5. The standard InChI is InChI=1S/C22H16F4N8O2/c23-14-8-11(33-6-5-29-19(33)10-27)1-3-15(14)30-21(35)16-9-18(22(24,25)26)31-34(16)12-2-4-17-13(7-12)20(28)32-36-17/h1-9H,10,27H2,(H2,28,32)(H,30,35). The number of nitrogens with one attached hydrogen (secondary N) is 1. The number of alkyl halides is 3. The average Bonchev–Trinajstić information content (AvgIpc) is 3.58. The molecule has 0 spiro atoms. The molecule has 0 unspecified atom stereocenters. The van der Waals surface area contributed by atoms with Gasteiger partial charge in [0, 0.05) is 30.2 Å². The van der Waals surface area contributed by atoms with Gasteiger partial charge >= 0.3 is 6.18 Å². The second-order valence-corrected chi connectivity index (χ2v) is 7.61. The predicted molar refractivity (Wildman–Crippen MR) is 120 cm³/mol. The first kappa shape index (κ1) is 23.0. The van der Waals surface area contributed by atoms with Crippen molar-refractivity contribution >= 4 is 28.4 Å². The quantitative estimate of drug-likeness (QED) is 0.313. The smallest absolute Gasteiger partial charge is 0.380 e. The minimum absolute atomic E-state index is 0.0129. The first-order valence-corrected chi connectivity index (χ1v) is 10.3. The molecule has 5 rings (SSSR count). The van der Waals surface area contributed by atoms with Crippen LogP contribution in [0.4, 0.5) is 29.1 Å². The van der Waals surface area contributed by atoms with Crippen LogP contribution in [0.3, 0.4) is 0 Å². The fourth-order valence-electron chi connectivity index (χ4n) is 3.62. The number of nitrogens with zero attached hydrogens (tertiary/aromatic N) is 5. The third-order valence-electron chi connectivity index (χ3n) is 5.34. The first-order chi connectivity index (χ1) is 17.2. The Balaban J connectivity index is 1.51. The number of hydrogen-bond donors (Lipinski definition) is 3. The molecule has 0 aliphatic rings. The Morgan fingerprint density at radius 2 is 1.89 bits per heavy atom. The number of amides is 1. The molecule has 5 aromatic rings. The van der Waals surface area contributed by atoms with E-state index >= 15 is 0 Å². The fourth-order valence-corrected chi connectivity index (χ4v) is 3.62. The van der Waals surface area contributed by atoms with Gasteiger partial charge in [-0.05, 0) is 30.3 Å². The predicted octanol–water partition coefficient (Wildman–Crippen LogP) is 3.65. The molecule has 0 bridgehead atoms. The van der Waals surface area contributed by atoms with Crippen molar-refractivity contribution in [3.8, 4) is 11.4 Å². The van der Waals surface area contributed by atoms with Crippen LogP contribution >= 0.6 is 0 Å². The van der Waals surface area contributed by atoms with Crippen LogP contribution < -0.4 is 16.8 Å². The highest BCUT2D eigenvalue weighted by atomic mass is 19.4. The molecule has 3 heterocycles. The Morgan fingerprint density at radius 1 is 1.11 bits per heavy atom. The molecule has 0 saturated carbocycles. The summed E-state index contributed by atoms with van der Waals surface area (Å²) in [6.45, 7) is 0.116. The zero-order chi connectivity index (χ0) is 25.6. The largest absolute Gasteiger partial charge is 0.435 e. The molecule has 36 heavy (non-hydrogen) atoms. The number of carbonyl (C=O) groups is 1. The number of hydrogen-bond acceptors (Lipinski definition) is 7. The lowest BCUT2D eigenvalue weighted by Crippen LogP contribution is -2.18. The van der Waals surface area contributed by atoms with Crippen molar-refractivity contribution in [1.82, 2.24) is 24.5 Å². The Morgan fingerprint density at radius 3 is 2.61 bits per heavy atom. The molecule has 0 aliphatic carbocycles. The first-order valence-electron chi connectivity index (χ1n) is 10.3. The Labute approximate surface area is 199 Å². The van der Waals surface area contributed by atoms with Gasteiger partial charge in [0.05, 0.1) is 23.3 Å². The van der Waals surface area contributed by atoms with Gasteiger partial charge in [0.25, 0.3) is 5.91 Å². The van der Waals surface area contributed by atoms with Crippen LogP contribution in [0.1, 0.15) is 22.0 Å². The summed E-state index contributed by atoms with van der Waals surface area (Å²) >= 11 is 0. The summed E-state index contributed by atoms with van der Waals surface area (Å²) in [7, 11) is 0. The summed E-state index contributed by atoms with van der Waals surface area (Å²) in [5.74, 6) is -1.34. The number of rotatable bonds is 5. The van der Waals surface area contributed by atoms with E-state index in [-0.39, 0.29) is 23.7 Å². The molecule has 1 amide bonds. The molecular formula is C22H16F4N8O2. The maximum absolute atomic E-state index is 14.8. The highest BCUT2D eigenvalue weighted by Gasteiger charge is 2.36. The molecule has 14 heteroatoms. The van der Waals surface area contributed by atoms with Crippen LogP contribution in [0.2, 0.25) is 0 Å². The number of fused-ring (bicyclic) bond motifs is 1. The number of anilines is 2. The molecule has 3 aromatic heterocycles. The minimum Gasteiger partial charge on any atom is -0.380 e. The Kier molecular flexibility index (Phi) is 5.44. The average molecular weight is 500 g/mol. The van der Waals surface area contributed by atoms with Crippen molar-refractivity contribution in [3.63, 3.8) is 0 Å². The topological polar surface area (TPSA) is 143 Å². The van der Waals surface area contributed by atoms with Gasteiger partial charge < -0.3 is 25.9 Å². The van der Waals surface area contributed by atoms with Gasteiger partial charge in [-0.3, -0.25) is 4.79 Å². The summed E-state index contributed by atoms with van der Waals surface area (Å²) in [5.41, 5.74) is 10.1. The highest BCUT2D eigenvalue weighted by Crippen LogP contribution is 2.31. The molecule has 2 aromatic carbocycles. The van der Waals surface area contributed by atoms with E-state index < -0.39 is 29.3 Å². The van der Waals surface area contributed by atoms with Gasteiger partial charge in [-0.2, -0.15) is 18.3 Å². The zero-order valence-electron chi connectivity index (χ0n) is 18.1. The van der Waals surface area contributed by atoms with Crippen molar-refractivity contribution in [1.29, 1.82) is 0 Å². The van der Waals surface area contributed by atoms with Gasteiger partial charge in [0.15, 0.2) is 17.1 Å². The molecule has 10 nitrogen and oxygen atoms in total. The van der Waals surface area contributed by atoms with Gasteiger partial charge in [-0.15, -0.1) is 0 Å². The SMILES string of the molecule is NCc1nccn1-c1ccc(NC(=O)c2cc(C(F)(F)F)nn2-c2ccc3onc(N)c3c2)c(F)c1. The van der Waals surface area contributed by atoms with Crippen LogP contribution in [-0.4, -0.2) is 30.4 Å². The fraction of sp³-hybridized carbons (Fsp3) is 0.0909. The van der Waals surface area contributed by atoms with Crippen LogP contribution in [0.25, 0.3) is 22.3 Å². The van der Waals surface area contributed by atoms with Gasteiger partial charge in [0.2, 0.25) is 0 Å². The molecule has 0 fully saturated rings. The number of nitrogen functional groups attached to an aromatic ring is 1. The summed E-state index contributed by atoms with van der Waals surface area (Å²) in [4.78, 5) is 17.1. The third kappa shape index (κ3) is 4.02. The monoisotopic (exact) mass is 500 g/mol. The lowest BCUT2D eigenvalue weighted by atomic mass is 10.2. The number of nitrogens with two attached hydrogens (primary N) is 2. The van der Waals surface area contributed by atoms with Crippen molar-refractivity contribution in [2.24, 2.45) is 5.73 Å². The Hall–Kier alpha value is -4.72. The summed E-state index contributed by atoms with van der Waals surface area (Å²) in [6.07, 6.45) is -1.75. The van der Waals surface area contributed by atoms with E-state index in [0.29, 0.717) is 28.5 Å². The lowest BCUT2D eigenvalue weighted by molar-refractivity contribution is -0.141. The number of aromatic nitrogens is 5. The summed E-state index contributed by atoms with van der Waals surface area (Å²) in [5, 5.41) is 9.76. The van der Waals surface area contributed by atoms with Gasteiger partial charge in [-0.25, -0.2) is 14.1 Å². The van der Waals surface area contributed by atoms with Crippen molar-refractivity contribution in [2.75, 3.05) is 11.1 Å². The number of carbonyl (C=O) groups excluding carboxylic acids is 1. The molecule has 5 N–H and O–H groups in total. The lowest BCUT2D eigenvalue weighted by Gasteiger charge is -2.11. The third-order valence-corrected chi connectivity index (χ3v) is 5.34. The molecule has 0 aliphatic heterocycles. The van der Waals surface area contributed by atoms with Crippen molar-refractivity contribution in [2.45, 2.75) is 12.7 Å². The second kappa shape index (κ2) is 8.49. The second-order valence-electron chi connectivity index (χ2n) is 7.61. The maximum Gasteiger partial charge on any atom is 0.435 e. The van der Waals surface area contributed by atoms with E-state index in [4.69, 9.17) is 16.0 Å². The van der Waals surface area contributed by atoms with Crippen LogP contribution in [0, 0.1) is 5.82 Å². The summed E-state index contributed by atoms with van der Waals surface area (Å²) in [6, 6.07) is 8.67. The van der Waals surface area contributed by atoms with E-state index in [0.717, 1.165) is 10.7 Å². The Bertz CT molecular complexity index is 1600. The van der Waals surface area contributed by atoms with Crippen LogP contribution in [0.5, 0.6) is 0 Å². The molecule has 0 atom stereocenters. The molecular weight excluding hydrogens is 484 g/mol. The number of imidazole rings is 1. The van der Waals surface area contributed by atoms with E-state index in [1.165, 1.54) is 36.5 Å². The molecule has 0 saturated heterocycles. The van der Waals surface area contributed by atoms with Gasteiger partial charge in [0.1, 0.15) is 17.3 Å². The van der Waals surface area contributed by atoms with Crippen molar-refractivity contribution in [3.05, 3.63) is 77.9 Å². The number of halogens is 4. The van der Waals surface area contributed by atoms with E-state index in [1.54, 1.807) is 10.8 Å². The minimum atomic E-state index is -4.83. The number of benzene rings is 2. The van der Waals surface area contributed by atoms with Crippen LogP contribution in [0.15, 0.2) is 59.4 Å². The highest BCUT2D eigenvalue weighted by molar-refractivity contribution is 6.04. The molecule has 0 radical (unpaired) electrons. The van der Waals surface area contributed by atoms with E-state index in [1.807, 2.05) is 0 Å².